The number of hydrogen-bond acceptors (Lipinski definition) is 3. The minimum absolute atomic E-state index is 0.0119. The number of carbonyl (C=O) groups excluding carboxylic acids is 1. The molecule has 1 atom stereocenters. The molecule has 3 N–H and O–H groups in total. The van der Waals surface area contributed by atoms with Crippen LogP contribution in [0.25, 0.3) is 0 Å². The minimum Gasteiger partial charge on any atom is -0.348 e. The topological polar surface area (TPSA) is 68.0 Å². The highest BCUT2D eigenvalue weighted by Gasteiger charge is 2.10. The number of nitrogens with one attached hydrogen (secondary N) is 1. The van der Waals surface area contributed by atoms with E-state index in [1.807, 2.05) is 13.8 Å². The molecule has 1 rings (SSSR count). The Morgan fingerprint density at radius 2 is 2.43 bits per heavy atom. The molecule has 1 heterocycles. The summed E-state index contributed by atoms with van der Waals surface area (Å²) in [5.41, 5.74) is 6.74. The maximum atomic E-state index is 11.6. The van der Waals surface area contributed by atoms with Gasteiger partial charge in [0.1, 0.15) is 0 Å². The normalized spacial score (nSPS) is 12.2. The molecule has 14 heavy (non-hydrogen) atoms. The minimum atomic E-state index is -0.117. The largest absolute Gasteiger partial charge is 0.348 e. The smallest absolute Gasteiger partial charge is 0.253 e. The first-order valence-electron chi connectivity index (χ1n) is 4.57. The van der Waals surface area contributed by atoms with Crippen molar-refractivity contribution < 1.29 is 4.79 Å². The molecule has 0 aliphatic rings. The van der Waals surface area contributed by atoms with E-state index in [0.29, 0.717) is 12.1 Å². The summed E-state index contributed by atoms with van der Waals surface area (Å²) in [5, 5.41) is 2.78. The van der Waals surface area contributed by atoms with Gasteiger partial charge in [0.05, 0.1) is 5.56 Å². The molecule has 4 heteroatoms. The number of carbonyl (C=O) groups is 1. The van der Waals surface area contributed by atoms with Crippen LogP contribution in [0.1, 0.15) is 23.0 Å². The zero-order valence-electron chi connectivity index (χ0n) is 8.45. The maximum Gasteiger partial charge on any atom is 0.253 e. The molecule has 4 nitrogen and oxygen atoms in total. The number of aryl methyl sites for hydroxylation is 1. The molecule has 76 valence electrons. The van der Waals surface area contributed by atoms with Crippen LogP contribution in [0.5, 0.6) is 0 Å². The number of pyridine rings is 1. The van der Waals surface area contributed by atoms with Crippen LogP contribution in [0.2, 0.25) is 0 Å². The summed E-state index contributed by atoms with van der Waals surface area (Å²) in [4.78, 5) is 15.7. The highest BCUT2D eigenvalue weighted by Crippen LogP contribution is 2.03. The molecular weight excluding hydrogens is 178 g/mol. The number of nitrogens with two attached hydrogens (primary N) is 1. The molecule has 0 saturated carbocycles. The first kappa shape index (κ1) is 10.7. The van der Waals surface area contributed by atoms with Crippen molar-refractivity contribution in [3.63, 3.8) is 0 Å². The van der Waals surface area contributed by atoms with Crippen molar-refractivity contribution in [3.05, 3.63) is 29.6 Å². The van der Waals surface area contributed by atoms with Gasteiger partial charge in [0.15, 0.2) is 0 Å². The van der Waals surface area contributed by atoms with Crippen molar-refractivity contribution in [3.8, 4) is 0 Å². The third kappa shape index (κ3) is 2.53. The van der Waals surface area contributed by atoms with Gasteiger partial charge in [-0.25, -0.2) is 0 Å². The Kier molecular flexibility index (Phi) is 3.59. The van der Waals surface area contributed by atoms with Crippen molar-refractivity contribution >= 4 is 5.91 Å². The standard InChI is InChI=1S/C10H15N3O/c1-7(6-11)13-10(14)9-4-3-5-12-8(9)2/h3-5,7H,6,11H2,1-2H3,(H,13,14). The molecule has 1 aromatic rings. The van der Waals surface area contributed by atoms with Crippen LogP contribution in [-0.2, 0) is 0 Å². The van der Waals surface area contributed by atoms with E-state index in [0.717, 1.165) is 5.69 Å². The lowest BCUT2D eigenvalue weighted by molar-refractivity contribution is 0.0940. The summed E-state index contributed by atoms with van der Waals surface area (Å²) in [5.74, 6) is -0.117. The lowest BCUT2D eigenvalue weighted by atomic mass is 10.2. The second-order valence-electron chi connectivity index (χ2n) is 3.25. The van der Waals surface area contributed by atoms with Gasteiger partial charge in [0.25, 0.3) is 5.91 Å². The number of rotatable bonds is 3. The highest BCUT2D eigenvalue weighted by molar-refractivity contribution is 5.95. The van der Waals surface area contributed by atoms with Crippen molar-refractivity contribution in [1.29, 1.82) is 0 Å². The average Bonchev–Trinajstić information content (AvgIpc) is 2.18. The molecule has 0 aromatic carbocycles. The van der Waals surface area contributed by atoms with Crippen LogP contribution in [0.3, 0.4) is 0 Å². The van der Waals surface area contributed by atoms with E-state index in [2.05, 4.69) is 10.3 Å². The first-order chi connectivity index (χ1) is 6.65. The average molecular weight is 193 g/mol. The van der Waals surface area contributed by atoms with Crippen LogP contribution < -0.4 is 11.1 Å². The third-order valence-corrected chi connectivity index (χ3v) is 1.98. The van der Waals surface area contributed by atoms with Crippen molar-refractivity contribution in [2.45, 2.75) is 19.9 Å². The summed E-state index contributed by atoms with van der Waals surface area (Å²) in [6.45, 7) is 4.11. The van der Waals surface area contributed by atoms with E-state index in [4.69, 9.17) is 5.73 Å². The molecule has 0 aliphatic carbocycles. The van der Waals surface area contributed by atoms with Gasteiger partial charge in [-0.15, -0.1) is 0 Å². The Bertz CT molecular complexity index is 325. The second kappa shape index (κ2) is 4.72. The highest BCUT2D eigenvalue weighted by atomic mass is 16.1. The molecule has 0 saturated heterocycles. The molecule has 1 unspecified atom stereocenters. The van der Waals surface area contributed by atoms with Crippen molar-refractivity contribution in [2.75, 3.05) is 6.54 Å². The molecule has 0 fully saturated rings. The predicted octanol–water partition coefficient (Wildman–Crippen LogP) is 0.467. The Labute approximate surface area is 83.5 Å². The van der Waals surface area contributed by atoms with E-state index in [-0.39, 0.29) is 11.9 Å². The number of nitrogens with zero attached hydrogens (tertiary/aromatic N) is 1. The molecule has 0 aliphatic heterocycles. The van der Waals surface area contributed by atoms with Gasteiger partial charge in [-0.3, -0.25) is 9.78 Å². The zero-order chi connectivity index (χ0) is 10.6. The summed E-state index contributed by atoms with van der Waals surface area (Å²) < 4.78 is 0. The second-order valence-corrected chi connectivity index (χ2v) is 3.25. The van der Waals surface area contributed by atoms with E-state index < -0.39 is 0 Å². The van der Waals surface area contributed by atoms with Crippen LogP contribution in [-0.4, -0.2) is 23.5 Å². The molecule has 0 bridgehead atoms. The van der Waals surface area contributed by atoms with Crippen LogP contribution in [0, 0.1) is 6.92 Å². The van der Waals surface area contributed by atoms with Crippen molar-refractivity contribution in [1.82, 2.24) is 10.3 Å². The molecule has 1 amide bonds. The quantitative estimate of drug-likeness (QED) is 0.733. The fraction of sp³-hybridized carbons (Fsp3) is 0.400. The van der Waals surface area contributed by atoms with Crippen LogP contribution >= 0.6 is 0 Å². The Hall–Kier alpha value is -1.42. The van der Waals surface area contributed by atoms with Crippen LogP contribution in [0.15, 0.2) is 18.3 Å². The molecule has 1 aromatic heterocycles. The van der Waals surface area contributed by atoms with Gasteiger partial charge in [0.2, 0.25) is 0 Å². The number of aromatic nitrogens is 1. The van der Waals surface area contributed by atoms with Gasteiger partial charge in [-0.1, -0.05) is 0 Å². The van der Waals surface area contributed by atoms with Gasteiger partial charge < -0.3 is 11.1 Å². The lowest BCUT2D eigenvalue weighted by Gasteiger charge is -2.11. The summed E-state index contributed by atoms with van der Waals surface area (Å²) in [6.07, 6.45) is 1.67. The fourth-order valence-corrected chi connectivity index (χ4v) is 1.08. The van der Waals surface area contributed by atoms with Gasteiger partial charge in [-0.2, -0.15) is 0 Å². The van der Waals surface area contributed by atoms with Gasteiger partial charge in [0, 0.05) is 24.5 Å². The van der Waals surface area contributed by atoms with E-state index in [1.165, 1.54) is 0 Å². The van der Waals surface area contributed by atoms with Crippen molar-refractivity contribution in [2.24, 2.45) is 5.73 Å². The molecular formula is C10H15N3O. The fourth-order valence-electron chi connectivity index (χ4n) is 1.08. The van der Waals surface area contributed by atoms with Gasteiger partial charge in [-0.05, 0) is 26.0 Å². The summed E-state index contributed by atoms with van der Waals surface area (Å²) in [7, 11) is 0. The molecule has 0 radical (unpaired) electrons. The Morgan fingerprint density at radius 1 is 1.71 bits per heavy atom. The van der Waals surface area contributed by atoms with E-state index in [9.17, 15) is 4.79 Å². The predicted molar refractivity (Wildman–Crippen MR) is 55.0 cm³/mol. The first-order valence-corrected chi connectivity index (χ1v) is 4.57. The lowest BCUT2D eigenvalue weighted by Crippen LogP contribution is -2.38. The van der Waals surface area contributed by atoms with E-state index >= 15 is 0 Å². The SMILES string of the molecule is Cc1ncccc1C(=O)NC(C)CN. The Balaban J connectivity index is 2.75. The third-order valence-electron chi connectivity index (χ3n) is 1.98. The maximum absolute atomic E-state index is 11.6. The van der Waals surface area contributed by atoms with Crippen LogP contribution in [0.4, 0.5) is 0 Å². The Morgan fingerprint density at radius 3 is 3.00 bits per heavy atom. The number of hydrogen-bond donors (Lipinski definition) is 2. The molecule has 0 spiro atoms. The summed E-state index contributed by atoms with van der Waals surface area (Å²) >= 11 is 0. The number of amides is 1. The van der Waals surface area contributed by atoms with Gasteiger partial charge >= 0.3 is 0 Å². The zero-order valence-corrected chi connectivity index (χ0v) is 8.45. The monoisotopic (exact) mass is 193 g/mol. The van der Waals surface area contributed by atoms with E-state index in [1.54, 1.807) is 18.3 Å². The summed E-state index contributed by atoms with van der Waals surface area (Å²) in [6, 6.07) is 3.48.